The number of primary amides is 1. The number of hydrogen-bond acceptors (Lipinski definition) is 7. The molecule has 0 unspecified atom stereocenters. The second kappa shape index (κ2) is 9.56. The van der Waals surface area contributed by atoms with Crippen LogP contribution in [0.1, 0.15) is 22.8 Å². The molecular formula is C19H20N2O6S. The van der Waals surface area contributed by atoms with Crippen LogP contribution in [0.4, 0.5) is 5.00 Å². The first-order chi connectivity index (χ1) is 13.3. The highest BCUT2D eigenvalue weighted by Crippen LogP contribution is 2.24. The van der Waals surface area contributed by atoms with Gasteiger partial charge in [0.2, 0.25) is 0 Å². The van der Waals surface area contributed by atoms with Crippen LogP contribution < -0.4 is 20.5 Å². The van der Waals surface area contributed by atoms with Gasteiger partial charge in [0.25, 0.3) is 11.8 Å². The highest BCUT2D eigenvalue weighted by atomic mass is 32.1. The summed E-state index contributed by atoms with van der Waals surface area (Å²) in [5, 5.41) is 4.45. The monoisotopic (exact) mass is 404 g/mol. The fourth-order valence-electron chi connectivity index (χ4n) is 2.17. The van der Waals surface area contributed by atoms with Crippen molar-refractivity contribution in [1.29, 1.82) is 0 Å². The van der Waals surface area contributed by atoms with Crippen LogP contribution in [-0.2, 0) is 14.3 Å². The summed E-state index contributed by atoms with van der Waals surface area (Å²) in [5.74, 6) is -0.791. The summed E-state index contributed by atoms with van der Waals surface area (Å²) < 4.78 is 15.4. The van der Waals surface area contributed by atoms with Gasteiger partial charge in [0, 0.05) is 12.1 Å². The van der Waals surface area contributed by atoms with Crippen molar-refractivity contribution in [3.05, 3.63) is 46.8 Å². The number of nitrogens with one attached hydrogen (secondary N) is 1. The third kappa shape index (κ3) is 5.58. The Bertz CT molecular complexity index is 883. The van der Waals surface area contributed by atoms with Crippen LogP contribution >= 0.6 is 11.3 Å². The van der Waals surface area contributed by atoms with Gasteiger partial charge in [-0.05, 0) is 42.1 Å². The van der Waals surface area contributed by atoms with E-state index in [0.29, 0.717) is 22.1 Å². The molecule has 1 atom stereocenters. The van der Waals surface area contributed by atoms with E-state index in [9.17, 15) is 14.4 Å². The van der Waals surface area contributed by atoms with Crippen molar-refractivity contribution in [3.8, 4) is 11.5 Å². The molecule has 148 valence electrons. The molecule has 9 heteroatoms. The van der Waals surface area contributed by atoms with E-state index in [1.807, 2.05) is 0 Å². The molecule has 1 aromatic carbocycles. The summed E-state index contributed by atoms with van der Waals surface area (Å²) in [7, 11) is 3.04. The lowest BCUT2D eigenvalue weighted by Crippen LogP contribution is -2.29. The second-order valence-corrected chi connectivity index (χ2v) is 6.49. The average Bonchev–Trinajstić information content (AvgIpc) is 3.14. The van der Waals surface area contributed by atoms with Crippen molar-refractivity contribution < 1.29 is 28.6 Å². The number of carbonyl (C=O) groups is 3. The van der Waals surface area contributed by atoms with E-state index in [2.05, 4.69) is 5.32 Å². The molecular weight excluding hydrogens is 384 g/mol. The quantitative estimate of drug-likeness (QED) is 0.516. The minimum absolute atomic E-state index is 0.198. The van der Waals surface area contributed by atoms with Crippen LogP contribution in [0.2, 0.25) is 0 Å². The van der Waals surface area contributed by atoms with E-state index in [1.54, 1.807) is 23.6 Å². The summed E-state index contributed by atoms with van der Waals surface area (Å²) in [4.78, 5) is 35.5. The van der Waals surface area contributed by atoms with Crippen LogP contribution in [0.5, 0.6) is 11.5 Å². The summed E-state index contributed by atoms with van der Waals surface area (Å²) in [6.07, 6.45) is 1.64. The third-order valence-electron chi connectivity index (χ3n) is 3.62. The Hall–Kier alpha value is -3.33. The largest absolute Gasteiger partial charge is 0.497 e. The van der Waals surface area contributed by atoms with Gasteiger partial charge in [-0.25, -0.2) is 4.79 Å². The second-order valence-electron chi connectivity index (χ2n) is 5.58. The van der Waals surface area contributed by atoms with Gasteiger partial charge < -0.3 is 25.3 Å². The molecule has 2 aromatic rings. The van der Waals surface area contributed by atoms with Crippen LogP contribution in [-0.4, -0.2) is 38.1 Å². The number of hydrogen-bond donors (Lipinski definition) is 2. The zero-order valence-corrected chi connectivity index (χ0v) is 16.4. The molecule has 28 heavy (non-hydrogen) atoms. The van der Waals surface area contributed by atoms with Gasteiger partial charge in [0.05, 0.1) is 19.8 Å². The fraction of sp³-hybridized carbons (Fsp3) is 0.211. The van der Waals surface area contributed by atoms with Gasteiger partial charge >= 0.3 is 5.97 Å². The standard InChI is InChI=1S/C19H20N2O6S/c1-11(18(24)21-19-15(17(20)23)6-7-28-19)27-16(22)5-4-12-8-13(25-2)10-14(9-12)26-3/h4-11H,1-3H3,(H2,20,23)(H,21,24)/b5-4+/t11-/m0/s1. The van der Waals surface area contributed by atoms with Crippen LogP contribution in [0.3, 0.4) is 0 Å². The Morgan fingerprint density at radius 1 is 1.14 bits per heavy atom. The Morgan fingerprint density at radius 3 is 2.36 bits per heavy atom. The number of benzene rings is 1. The molecule has 0 spiro atoms. The molecule has 2 rings (SSSR count). The van der Waals surface area contributed by atoms with Crippen LogP contribution in [0, 0.1) is 0 Å². The first-order valence-electron chi connectivity index (χ1n) is 8.14. The summed E-state index contributed by atoms with van der Waals surface area (Å²) in [5.41, 5.74) is 6.09. The van der Waals surface area contributed by atoms with E-state index < -0.39 is 23.9 Å². The normalized spacial score (nSPS) is 11.7. The molecule has 1 aromatic heterocycles. The lowest BCUT2D eigenvalue weighted by atomic mass is 10.2. The molecule has 2 amide bonds. The first kappa shape index (κ1) is 21.0. The molecule has 1 heterocycles. The maximum atomic E-state index is 12.2. The first-order valence-corrected chi connectivity index (χ1v) is 9.02. The third-order valence-corrected chi connectivity index (χ3v) is 4.45. The number of amides is 2. The van der Waals surface area contributed by atoms with E-state index in [-0.39, 0.29) is 5.56 Å². The fourth-order valence-corrected chi connectivity index (χ4v) is 2.97. The molecule has 0 aliphatic carbocycles. The molecule has 0 radical (unpaired) electrons. The maximum Gasteiger partial charge on any atom is 0.331 e. The number of ether oxygens (including phenoxy) is 3. The van der Waals surface area contributed by atoms with Gasteiger partial charge in [-0.2, -0.15) is 0 Å². The minimum Gasteiger partial charge on any atom is -0.497 e. The number of carbonyl (C=O) groups excluding carboxylic acids is 3. The highest BCUT2D eigenvalue weighted by molar-refractivity contribution is 7.14. The number of anilines is 1. The Kier molecular flexibility index (Phi) is 7.16. The van der Waals surface area contributed by atoms with Crippen LogP contribution in [0.25, 0.3) is 6.08 Å². The predicted octanol–water partition coefficient (Wildman–Crippen LogP) is 2.45. The number of methoxy groups -OCH3 is 2. The topological polar surface area (TPSA) is 117 Å². The summed E-state index contributed by atoms with van der Waals surface area (Å²) in [6, 6.07) is 6.63. The van der Waals surface area contributed by atoms with Gasteiger partial charge in [0.1, 0.15) is 16.5 Å². The van der Waals surface area contributed by atoms with Gasteiger partial charge in [-0.15, -0.1) is 11.3 Å². The Labute approximate surface area is 165 Å². The van der Waals surface area contributed by atoms with E-state index in [1.165, 1.54) is 39.4 Å². The number of esters is 1. The van der Waals surface area contributed by atoms with Gasteiger partial charge in [0.15, 0.2) is 6.10 Å². The SMILES string of the molecule is COc1cc(/C=C/C(=O)O[C@@H](C)C(=O)Nc2sccc2C(N)=O)cc(OC)c1. The molecule has 0 saturated heterocycles. The summed E-state index contributed by atoms with van der Waals surface area (Å²) in [6.45, 7) is 1.42. The Morgan fingerprint density at radius 2 is 1.79 bits per heavy atom. The highest BCUT2D eigenvalue weighted by Gasteiger charge is 2.19. The molecule has 8 nitrogen and oxygen atoms in total. The Balaban J connectivity index is 1.98. The zero-order valence-electron chi connectivity index (χ0n) is 15.6. The summed E-state index contributed by atoms with van der Waals surface area (Å²) >= 11 is 1.15. The number of rotatable bonds is 8. The molecule has 0 aliphatic rings. The van der Waals surface area contributed by atoms with Crippen molar-refractivity contribution in [1.82, 2.24) is 0 Å². The lowest BCUT2D eigenvalue weighted by molar-refractivity contribution is -0.148. The molecule has 0 fully saturated rings. The van der Waals surface area contributed by atoms with E-state index >= 15 is 0 Å². The molecule has 0 aliphatic heterocycles. The maximum absolute atomic E-state index is 12.2. The molecule has 0 bridgehead atoms. The lowest BCUT2D eigenvalue weighted by Gasteiger charge is -2.12. The number of nitrogens with two attached hydrogens (primary N) is 1. The van der Waals surface area contributed by atoms with Crippen LogP contribution in [0.15, 0.2) is 35.7 Å². The zero-order chi connectivity index (χ0) is 20.7. The van der Waals surface area contributed by atoms with E-state index in [0.717, 1.165) is 11.3 Å². The van der Waals surface area contributed by atoms with Crippen molar-refractivity contribution in [2.75, 3.05) is 19.5 Å². The minimum atomic E-state index is -1.07. The smallest absolute Gasteiger partial charge is 0.331 e. The van der Waals surface area contributed by atoms with Gasteiger partial charge in [-0.3, -0.25) is 9.59 Å². The van der Waals surface area contributed by atoms with Crippen molar-refractivity contribution >= 4 is 40.2 Å². The molecule has 0 saturated carbocycles. The van der Waals surface area contributed by atoms with E-state index in [4.69, 9.17) is 19.9 Å². The average molecular weight is 404 g/mol. The van der Waals surface area contributed by atoms with Crippen molar-refractivity contribution in [2.24, 2.45) is 5.73 Å². The van der Waals surface area contributed by atoms with Crippen molar-refractivity contribution in [2.45, 2.75) is 13.0 Å². The van der Waals surface area contributed by atoms with Crippen molar-refractivity contribution in [3.63, 3.8) is 0 Å². The molecule has 3 N–H and O–H groups in total. The van der Waals surface area contributed by atoms with Gasteiger partial charge in [-0.1, -0.05) is 0 Å². The number of thiophene rings is 1. The predicted molar refractivity (Wildman–Crippen MR) is 106 cm³/mol.